The van der Waals surface area contributed by atoms with Gasteiger partial charge < -0.3 is 9.88 Å². The number of carbonyl (C=O) groups excluding carboxylic acids is 1. The molecule has 25 heavy (non-hydrogen) atoms. The molecule has 1 amide bonds. The number of hydrogen-bond acceptors (Lipinski definition) is 6. The van der Waals surface area contributed by atoms with Crippen LogP contribution < -0.4 is 5.32 Å². The van der Waals surface area contributed by atoms with Gasteiger partial charge in [-0.15, -0.1) is 10.2 Å². The van der Waals surface area contributed by atoms with Gasteiger partial charge in [-0.2, -0.15) is 0 Å². The first kappa shape index (κ1) is 17.6. The Kier molecular flexibility index (Phi) is 5.44. The van der Waals surface area contributed by atoms with Crippen molar-refractivity contribution in [3.05, 3.63) is 46.8 Å². The number of anilines is 1. The van der Waals surface area contributed by atoms with Gasteiger partial charge in [-0.3, -0.25) is 9.78 Å². The van der Waals surface area contributed by atoms with Gasteiger partial charge in [0.1, 0.15) is 5.69 Å². The highest BCUT2D eigenvalue weighted by Crippen LogP contribution is 2.22. The maximum absolute atomic E-state index is 12.2. The molecule has 1 N–H and O–H groups in total. The number of rotatable bonds is 5. The Bertz CT molecular complexity index is 899. The summed E-state index contributed by atoms with van der Waals surface area (Å²) in [7, 11) is 1.84. The van der Waals surface area contributed by atoms with Crippen LogP contribution in [0, 0.1) is 6.92 Å². The van der Waals surface area contributed by atoms with Crippen molar-refractivity contribution in [1.82, 2.24) is 24.7 Å². The van der Waals surface area contributed by atoms with Crippen LogP contribution in [0.3, 0.4) is 0 Å². The lowest BCUT2D eigenvalue weighted by atomic mass is 10.2. The van der Waals surface area contributed by atoms with Crippen molar-refractivity contribution in [2.45, 2.75) is 12.1 Å². The zero-order chi connectivity index (χ0) is 17.8. The van der Waals surface area contributed by atoms with Gasteiger partial charge in [-0.1, -0.05) is 27.7 Å². The van der Waals surface area contributed by atoms with Crippen molar-refractivity contribution in [2.24, 2.45) is 7.05 Å². The van der Waals surface area contributed by atoms with Crippen molar-refractivity contribution in [1.29, 1.82) is 0 Å². The molecule has 0 aliphatic rings. The second kappa shape index (κ2) is 7.75. The van der Waals surface area contributed by atoms with E-state index >= 15 is 0 Å². The van der Waals surface area contributed by atoms with Gasteiger partial charge in [0.05, 0.1) is 11.9 Å². The third kappa shape index (κ3) is 4.23. The van der Waals surface area contributed by atoms with Crippen molar-refractivity contribution in [2.75, 3.05) is 11.1 Å². The van der Waals surface area contributed by atoms with Crippen LogP contribution in [0.25, 0.3) is 11.5 Å². The van der Waals surface area contributed by atoms with E-state index in [2.05, 4.69) is 41.4 Å². The zero-order valence-electron chi connectivity index (χ0n) is 13.6. The first-order valence-electron chi connectivity index (χ1n) is 7.39. The topological polar surface area (TPSA) is 85.6 Å². The third-order valence-electron chi connectivity index (χ3n) is 3.42. The minimum atomic E-state index is -0.0977. The first-order chi connectivity index (χ1) is 12.0. The molecule has 0 aliphatic heterocycles. The molecule has 2 aromatic heterocycles. The predicted molar refractivity (Wildman–Crippen MR) is 100 cm³/mol. The largest absolute Gasteiger partial charge is 0.325 e. The Morgan fingerprint density at radius 2 is 2.16 bits per heavy atom. The fourth-order valence-corrected chi connectivity index (χ4v) is 3.35. The van der Waals surface area contributed by atoms with E-state index in [0.717, 1.165) is 15.7 Å². The monoisotopic (exact) mass is 418 g/mol. The predicted octanol–water partition coefficient (Wildman–Crippen LogP) is 3.07. The molecule has 0 atom stereocenters. The van der Waals surface area contributed by atoms with E-state index in [-0.39, 0.29) is 11.7 Å². The number of benzene rings is 1. The Labute approximate surface area is 157 Å². The van der Waals surface area contributed by atoms with E-state index in [1.54, 1.807) is 23.2 Å². The summed E-state index contributed by atoms with van der Waals surface area (Å²) in [5.74, 6) is 0.751. The molecule has 3 aromatic rings. The SMILES string of the molecule is Cc1cc(Br)ccc1NC(=O)CSc1nnc(-c2cnccn2)n1C. The normalized spacial score (nSPS) is 10.7. The van der Waals surface area contributed by atoms with Crippen LogP contribution in [0.4, 0.5) is 5.69 Å². The van der Waals surface area contributed by atoms with Crippen molar-refractivity contribution in [3.8, 4) is 11.5 Å². The lowest BCUT2D eigenvalue weighted by Gasteiger charge is -2.08. The van der Waals surface area contributed by atoms with Gasteiger partial charge in [0.15, 0.2) is 11.0 Å². The maximum Gasteiger partial charge on any atom is 0.234 e. The molecule has 0 saturated heterocycles. The average Bonchev–Trinajstić information content (AvgIpc) is 2.97. The summed E-state index contributed by atoms with van der Waals surface area (Å²) >= 11 is 4.73. The molecule has 0 bridgehead atoms. The molecule has 2 heterocycles. The number of aryl methyl sites for hydroxylation is 1. The number of amides is 1. The summed E-state index contributed by atoms with van der Waals surface area (Å²) < 4.78 is 2.78. The first-order valence-corrected chi connectivity index (χ1v) is 9.17. The Hall–Kier alpha value is -2.26. The average molecular weight is 419 g/mol. The van der Waals surface area contributed by atoms with E-state index in [4.69, 9.17) is 0 Å². The molecule has 0 fully saturated rings. The second-order valence-electron chi connectivity index (χ2n) is 5.25. The molecule has 9 heteroatoms. The van der Waals surface area contributed by atoms with E-state index < -0.39 is 0 Å². The summed E-state index contributed by atoms with van der Waals surface area (Å²) in [6.45, 7) is 1.95. The zero-order valence-corrected chi connectivity index (χ0v) is 16.0. The number of nitrogens with zero attached hydrogens (tertiary/aromatic N) is 5. The van der Waals surface area contributed by atoms with Gasteiger partial charge in [-0.05, 0) is 30.7 Å². The maximum atomic E-state index is 12.2. The molecule has 7 nitrogen and oxygen atoms in total. The van der Waals surface area contributed by atoms with Gasteiger partial charge in [0, 0.05) is 29.6 Å². The van der Waals surface area contributed by atoms with Crippen molar-refractivity contribution in [3.63, 3.8) is 0 Å². The minimum absolute atomic E-state index is 0.0977. The van der Waals surface area contributed by atoms with Crippen LogP contribution in [0.5, 0.6) is 0 Å². The lowest BCUT2D eigenvalue weighted by Crippen LogP contribution is -2.15. The van der Waals surface area contributed by atoms with Crippen LogP contribution >= 0.6 is 27.7 Å². The fraction of sp³-hybridized carbons (Fsp3) is 0.188. The highest BCUT2D eigenvalue weighted by atomic mass is 79.9. The Balaban J connectivity index is 1.64. The van der Waals surface area contributed by atoms with Crippen molar-refractivity contribution < 1.29 is 4.79 Å². The number of thioether (sulfide) groups is 1. The molecular weight excluding hydrogens is 404 g/mol. The molecule has 3 rings (SSSR count). The number of halogens is 1. The summed E-state index contributed by atoms with van der Waals surface area (Å²) in [5.41, 5.74) is 2.43. The quantitative estimate of drug-likeness (QED) is 0.640. The molecule has 1 aromatic carbocycles. The highest BCUT2D eigenvalue weighted by molar-refractivity contribution is 9.10. The van der Waals surface area contributed by atoms with Crippen LogP contribution in [0.2, 0.25) is 0 Å². The number of aromatic nitrogens is 5. The molecular formula is C16H15BrN6OS. The highest BCUT2D eigenvalue weighted by Gasteiger charge is 2.14. The number of nitrogens with one attached hydrogen (secondary N) is 1. The number of carbonyl (C=O) groups is 1. The van der Waals surface area contributed by atoms with Crippen LogP contribution in [0.15, 0.2) is 46.4 Å². The molecule has 0 spiro atoms. The summed E-state index contributed by atoms with van der Waals surface area (Å²) in [5, 5.41) is 11.8. The molecule has 0 unspecified atom stereocenters. The van der Waals surface area contributed by atoms with E-state index in [1.807, 2.05) is 32.2 Å². The summed E-state index contributed by atoms with van der Waals surface area (Å²) in [6, 6.07) is 5.72. The van der Waals surface area contributed by atoms with Crippen LogP contribution in [0.1, 0.15) is 5.56 Å². The second-order valence-corrected chi connectivity index (χ2v) is 7.11. The van der Waals surface area contributed by atoms with E-state index in [0.29, 0.717) is 16.7 Å². The summed E-state index contributed by atoms with van der Waals surface area (Å²) in [6.07, 6.45) is 4.83. The smallest absolute Gasteiger partial charge is 0.234 e. The number of hydrogen-bond donors (Lipinski definition) is 1. The molecule has 0 saturated carbocycles. The summed E-state index contributed by atoms with van der Waals surface area (Å²) in [4.78, 5) is 20.4. The Morgan fingerprint density at radius 3 is 2.88 bits per heavy atom. The van der Waals surface area contributed by atoms with Gasteiger partial charge in [0.2, 0.25) is 5.91 Å². The lowest BCUT2D eigenvalue weighted by molar-refractivity contribution is -0.113. The fourth-order valence-electron chi connectivity index (χ4n) is 2.16. The van der Waals surface area contributed by atoms with Crippen molar-refractivity contribution >= 4 is 39.3 Å². The van der Waals surface area contributed by atoms with Gasteiger partial charge in [-0.25, -0.2) is 4.98 Å². The van der Waals surface area contributed by atoms with Crippen LogP contribution in [-0.2, 0) is 11.8 Å². The molecule has 0 radical (unpaired) electrons. The Morgan fingerprint density at radius 1 is 1.32 bits per heavy atom. The molecule has 0 aliphatic carbocycles. The van der Waals surface area contributed by atoms with Gasteiger partial charge in [0.25, 0.3) is 0 Å². The van der Waals surface area contributed by atoms with E-state index in [1.165, 1.54) is 11.8 Å². The van der Waals surface area contributed by atoms with Gasteiger partial charge >= 0.3 is 0 Å². The minimum Gasteiger partial charge on any atom is -0.325 e. The molecule has 128 valence electrons. The standard InChI is InChI=1S/C16H15BrN6OS/c1-10-7-11(17)3-4-12(10)20-14(24)9-25-16-22-21-15(23(16)2)13-8-18-5-6-19-13/h3-8H,9H2,1-2H3,(H,20,24). The van der Waals surface area contributed by atoms with Crippen LogP contribution in [-0.4, -0.2) is 36.4 Å². The third-order valence-corrected chi connectivity index (χ3v) is 4.94. The van der Waals surface area contributed by atoms with E-state index in [9.17, 15) is 4.79 Å².